The molecule has 1 atom stereocenters. The van der Waals surface area contributed by atoms with E-state index >= 15 is 0 Å². The van der Waals surface area contributed by atoms with Crippen molar-refractivity contribution < 1.29 is 28.6 Å². The number of rotatable bonds is 57. The maximum atomic E-state index is 12.8. The summed E-state index contributed by atoms with van der Waals surface area (Å²) in [5.41, 5.74) is 0. The minimum absolute atomic E-state index is 0.0726. The summed E-state index contributed by atoms with van der Waals surface area (Å²) in [6, 6.07) is 0. The summed E-state index contributed by atoms with van der Waals surface area (Å²) < 4.78 is 16.8. The number of allylic oxidation sites excluding steroid dienone is 4. The van der Waals surface area contributed by atoms with Gasteiger partial charge in [0.1, 0.15) is 13.2 Å². The normalized spacial score (nSPS) is 12.1. The second-order valence-electron chi connectivity index (χ2n) is 21.0. The van der Waals surface area contributed by atoms with Crippen molar-refractivity contribution in [1.82, 2.24) is 0 Å². The van der Waals surface area contributed by atoms with Crippen LogP contribution < -0.4 is 0 Å². The van der Waals surface area contributed by atoms with Crippen LogP contribution in [0.25, 0.3) is 0 Å². The lowest BCUT2D eigenvalue weighted by atomic mass is 10.0. The molecule has 0 heterocycles. The molecule has 0 aromatic rings. The first-order valence-electron chi connectivity index (χ1n) is 30.8. The van der Waals surface area contributed by atoms with Crippen LogP contribution in [0, 0.1) is 0 Å². The Labute approximate surface area is 430 Å². The van der Waals surface area contributed by atoms with Crippen LogP contribution in [0.2, 0.25) is 0 Å². The molecular formula is C63H118O6. The Balaban J connectivity index is 3.93. The van der Waals surface area contributed by atoms with Crippen LogP contribution in [0.1, 0.15) is 342 Å². The largest absolute Gasteiger partial charge is 0.462 e. The highest BCUT2D eigenvalue weighted by atomic mass is 16.6. The van der Waals surface area contributed by atoms with Gasteiger partial charge in [-0.15, -0.1) is 0 Å². The van der Waals surface area contributed by atoms with E-state index in [1.54, 1.807) is 0 Å². The smallest absolute Gasteiger partial charge is 0.306 e. The molecule has 406 valence electrons. The first kappa shape index (κ1) is 66.9. The van der Waals surface area contributed by atoms with Gasteiger partial charge in [-0.2, -0.15) is 0 Å². The molecule has 69 heavy (non-hydrogen) atoms. The van der Waals surface area contributed by atoms with E-state index in [-0.39, 0.29) is 31.1 Å². The average Bonchev–Trinajstić information content (AvgIpc) is 3.35. The van der Waals surface area contributed by atoms with E-state index in [2.05, 4.69) is 45.1 Å². The number of hydrogen-bond donors (Lipinski definition) is 0. The van der Waals surface area contributed by atoms with Gasteiger partial charge in [0, 0.05) is 19.3 Å². The minimum atomic E-state index is -0.772. The van der Waals surface area contributed by atoms with Gasteiger partial charge in [-0.1, -0.05) is 302 Å². The Kier molecular flexibility index (Phi) is 56.7. The molecule has 0 radical (unpaired) electrons. The predicted molar refractivity (Wildman–Crippen MR) is 298 cm³/mol. The van der Waals surface area contributed by atoms with Crippen LogP contribution >= 0.6 is 0 Å². The molecule has 0 bridgehead atoms. The Morgan fingerprint density at radius 3 is 0.855 bits per heavy atom. The van der Waals surface area contributed by atoms with E-state index in [9.17, 15) is 14.4 Å². The molecule has 0 aromatic carbocycles. The molecule has 0 aliphatic rings. The second-order valence-corrected chi connectivity index (χ2v) is 21.0. The summed E-state index contributed by atoms with van der Waals surface area (Å²) in [4.78, 5) is 37.9. The van der Waals surface area contributed by atoms with Gasteiger partial charge >= 0.3 is 17.9 Å². The van der Waals surface area contributed by atoms with E-state index in [1.165, 1.54) is 212 Å². The Hall–Kier alpha value is -2.11. The zero-order chi connectivity index (χ0) is 50.0. The number of esters is 3. The van der Waals surface area contributed by atoms with Crippen LogP contribution in [-0.2, 0) is 28.6 Å². The topological polar surface area (TPSA) is 78.9 Å². The van der Waals surface area contributed by atoms with Crippen molar-refractivity contribution in [2.45, 2.75) is 348 Å². The van der Waals surface area contributed by atoms with Crippen LogP contribution in [0.4, 0.5) is 0 Å². The zero-order valence-corrected chi connectivity index (χ0v) is 46.6. The lowest BCUT2D eigenvalue weighted by molar-refractivity contribution is -0.167. The Morgan fingerprint density at radius 2 is 0.551 bits per heavy atom. The predicted octanol–water partition coefficient (Wildman–Crippen LogP) is 20.7. The lowest BCUT2D eigenvalue weighted by Gasteiger charge is -2.18. The number of carbonyl (C=O) groups is 3. The molecule has 0 saturated heterocycles. The number of carbonyl (C=O) groups excluding carboxylic acids is 3. The van der Waals surface area contributed by atoms with Gasteiger partial charge < -0.3 is 14.2 Å². The van der Waals surface area contributed by atoms with Gasteiger partial charge in [-0.05, 0) is 44.9 Å². The van der Waals surface area contributed by atoms with Gasteiger partial charge in [-0.25, -0.2) is 0 Å². The molecule has 0 N–H and O–H groups in total. The molecule has 0 aliphatic heterocycles. The van der Waals surface area contributed by atoms with Gasteiger partial charge in [0.15, 0.2) is 6.10 Å². The maximum absolute atomic E-state index is 12.8. The van der Waals surface area contributed by atoms with E-state index < -0.39 is 6.10 Å². The highest BCUT2D eigenvalue weighted by molar-refractivity contribution is 5.71. The number of unbranched alkanes of at least 4 members (excludes halogenated alkanes) is 42. The molecule has 0 aliphatic carbocycles. The van der Waals surface area contributed by atoms with E-state index in [0.717, 1.165) is 89.9 Å². The fourth-order valence-electron chi connectivity index (χ4n) is 9.31. The van der Waals surface area contributed by atoms with Crippen molar-refractivity contribution in [1.29, 1.82) is 0 Å². The van der Waals surface area contributed by atoms with Crippen LogP contribution in [-0.4, -0.2) is 37.2 Å². The highest BCUT2D eigenvalue weighted by Gasteiger charge is 2.19. The van der Waals surface area contributed by atoms with Gasteiger partial charge in [-0.3, -0.25) is 14.4 Å². The molecule has 0 aromatic heterocycles. The van der Waals surface area contributed by atoms with E-state index in [1.807, 2.05) is 0 Å². The molecular weight excluding hydrogens is 853 g/mol. The van der Waals surface area contributed by atoms with Crippen molar-refractivity contribution in [3.63, 3.8) is 0 Å². The summed E-state index contributed by atoms with van der Waals surface area (Å²) in [7, 11) is 0. The van der Waals surface area contributed by atoms with E-state index in [4.69, 9.17) is 14.2 Å². The zero-order valence-electron chi connectivity index (χ0n) is 46.6. The van der Waals surface area contributed by atoms with E-state index in [0.29, 0.717) is 19.3 Å². The van der Waals surface area contributed by atoms with Crippen molar-refractivity contribution in [3.8, 4) is 0 Å². The SMILES string of the molecule is CCC/C=C\C/C=C\CCCCCCCC(=O)OC(COC(=O)CCCCCCCCC)COC(=O)CCCCCCCCCCCCCCCCCCCCCCCCCCCCCCCCC. The summed E-state index contributed by atoms with van der Waals surface area (Å²) in [6.07, 6.45) is 69.5. The third kappa shape index (κ3) is 56.7. The minimum Gasteiger partial charge on any atom is -0.462 e. The third-order valence-electron chi connectivity index (χ3n) is 13.9. The molecule has 1 unspecified atom stereocenters. The molecule has 0 fully saturated rings. The molecule has 0 saturated carbocycles. The monoisotopic (exact) mass is 971 g/mol. The van der Waals surface area contributed by atoms with Gasteiger partial charge in [0.05, 0.1) is 0 Å². The quantitative estimate of drug-likeness (QED) is 0.0261. The molecule has 0 amide bonds. The fraction of sp³-hybridized carbons (Fsp3) is 0.889. The molecule has 6 heteroatoms. The molecule has 0 rings (SSSR count). The standard InChI is InChI=1S/C63H118O6/c1-4-7-10-13-16-18-20-22-23-24-25-26-27-28-29-30-31-32-33-34-35-36-37-38-39-41-42-44-47-50-53-56-62(65)68-59-60(58-67-61(64)55-52-49-46-15-12-9-6-3)69-63(66)57-54-51-48-45-43-40-21-19-17-14-11-8-5-2/h11,14,19,21,60H,4-10,12-13,15-18,20,22-59H2,1-3H3/b14-11-,21-19-. The second kappa shape index (κ2) is 58.5. The molecule has 6 nitrogen and oxygen atoms in total. The Morgan fingerprint density at radius 1 is 0.290 bits per heavy atom. The number of hydrogen-bond acceptors (Lipinski definition) is 6. The van der Waals surface area contributed by atoms with Gasteiger partial charge in [0.25, 0.3) is 0 Å². The molecule has 0 spiro atoms. The summed E-state index contributed by atoms with van der Waals surface area (Å²) in [5, 5.41) is 0. The van der Waals surface area contributed by atoms with Gasteiger partial charge in [0.2, 0.25) is 0 Å². The third-order valence-corrected chi connectivity index (χ3v) is 13.9. The summed E-state index contributed by atoms with van der Waals surface area (Å²) in [5.74, 6) is -0.877. The number of ether oxygens (including phenoxy) is 3. The van der Waals surface area contributed by atoms with Crippen molar-refractivity contribution >= 4 is 17.9 Å². The highest BCUT2D eigenvalue weighted by Crippen LogP contribution is 2.18. The fourth-order valence-corrected chi connectivity index (χ4v) is 9.31. The van der Waals surface area contributed by atoms with Crippen LogP contribution in [0.3, 0.4) is 0 Å². The first-order valence-corrected chi connectivity index (χ1v) is 30.8. The van der Waals surface area contributed by atoms with Crippen molar-refractivity contribution in [3.05, 3.63) is 24.3 Å². The summed E-state index contributed by atoms with van der Waals surface area (Å²) >= 11 is 0. The van der Waals surface area contributed by atoms with Crippen LogP contribution in [0.5, 0.6) is 0 Å². The average molecular weight is 972 g/mol. The maximum Gasteiger partial charge on any atom is 0.306 e. The Bertz CT molecular complexity index is 1110. The van der Waals surface area contributed by atoms with Crippen molar-refractivity contribution in [2.24, 2.45) is 0 Å². The van der Waals surface area contributed by atoms with Crippen LogP contribution in [0.15, 0.2) is 24.3 Å². The lowest BCUT2D eigenvalue weighted by Crippen LogP contribution is -2.30. The summed E-state index contributed by atoms with van der Waals surface area (Å²) in [6.45, 7) is 6.57. The van der Waals surface area contributed by atoms with Crippen molar-refractivity contribution in [2.75, 3.05) is 13.2 Å². The first-order chi connectivity index (χ1) is 34.0.